The molecule has 22 heavy (non-hydrogen) atoms. The van der Waals surface area contributed by atoms with Crippen LogP contribution in [0.5, 0.6) is 0 Å². The normalized spacial score (nSPS) is 10.3. The maximum Gasteiger partial charge on any atom is 0.270 e. The Morgan fingerprint density at radius 3 is 2.55 bits per heavy atom. The summed E-state index contributed by atoms with van der Waals surface area (Å²) in [6.45, 7) is 0.318. The molecule has 2 aromatic rings. The highest BCUT2D eigenvalue weighted by Gasteiger charge is 2.15. The summed E-state index contributed by atoms with van der Waals surface area (Å²) in [7, 11) is 1.61. The summed E-state index contributed by atoms with van der Waals surface area (Å²) in [5, 5.41) is 11.6. The number of nitro benzene ring substituents is 1. The molecule has 0 fully saturated rings. The van der Waals surface area contributed by atoms with Crippen molar-refractivity contribution < 1.29 is 9.72 Å². The van der Waals surface area contributed by atoms with Gasteiger partial charge in [0.05, 0.1) is 15.0 Å². The summed E-state index contributed by atoms with van der Waals surface area (Å²) >= 11 is 11.8. The van der Waals surface area contributed by atoms with E-state index in [-0.39, 0.29) is 17.2 Å². The molecule has 0 spiro atoms. The van der Waals surface area contributed by atoms with Crippen LogP contribution in [0.4, 0.5) is 5.69 Å². The first-order valence-electron chi connectivity index (χ1n) is 6.32. The van der Waals surface area contributed by atoms with Crippen LogP contribution in [-0.4, -0.2) is 22.8 Å². The number of nitrogens with zero attached hydrogens (tertiary/aromatic N) is 2. The van der Waals surface area contributed by atoms with Crippen LogP contribution in [0.1, 0.15) is 15.9 Å². The largest absolute Gasteiger partial charge is 0.337 e. The lowest BCUT2D eigenvalue weighted by Crippen LogP contribution is -2.26. The third-order valence-corrected chi connectivity index (χ3v) is 3.79. The van der Waals surface area contributed by atoms with Gasteiger partial charge in [0, 0.05) is 31.3 Å². The van der Waals surface area contributed by atoms with Gasteiger partial charge in [0.25, 0.3) is 11.6 Å². The molecule has 0 unspecified atom stereocenters. The van der Waals surface area contributed by atoms with E-state index in [1.54, 1.807) is 31.3 Å². The average Bonchev–Trinajstić information content (AvgIpc) is 2.50. The van der Waals surface area contributed by atoms with E-state index >= 15 is 0 Å². The van der Waals surface area contributed by atoms with Crippen LogP contribution in [0.3, 0.4) is 0 Å². The van der Waals surface area contributed by atoms with Gasteiger partial charge >= 0.3 is 0 Å². The molecule has 0 aliphatic rings. The number of carbonyl (C=O) groups is 1. The minimum Gasteiger partial charge on any atom is -0.337 e. The molecule has 114 valence electrons. The zero-order valence-electron chi connectivity index (χ0n) is 11.6. The second-order valence-corrected chi connectivity index (χ2v) is 5.53. The first-order valence-corrected chi connectivity index (χ1v) is 7.08. The minimum atomic E-state index is -0.532. The monoisotopic (exact) mass is 338 g/mol. The molecule has 0 bridgehead atoms. The van der Waals surface area contributed by atoms with E-state index < -0.39 is 4.92 Å². The molecule has 0 aromatic heterocycles. The zero-order valence-corrected chi connectivity index (χ0v) is 13.1. The lowest BCUT2D eigenvalue weighted by Gasteiger charge is -2.17. The predicted octanol–water partition coefficient (Wildman–Crippen LogP) is 4.17. The quantitative estimate of drug-likeness (QED) is 0.620. The molecular weight excluding hydrogens is 327 g/mol. The summed E-state index contributed by atoms with van der Waals surface area (Å²) in [6, 6.07) is 10.7. The maximum atomic E-state index is 12.3. The van der Waals surface area contributed by atoms with Gasteiger partial charge in [-0.2, -0.15) is 0 Å². The second-order valence-electron chi connectivity index (χ2n) is 4.72. The number of non-ortho nitro benzene ring substituents is 1. The lowest BCUT2D eigenvalue weighted by molar-refractivity contribution is -0.384. The molecule has 2 rings (SSSR count). The van der Waals surface area contributed by atoms with Gasteiger partial charge in [-0.1, -0.05) is 35.3 Å². The molecule has 2 aromatic carbocycles. The number of rotatable bonds is 4. The van der Waals surface area contributed by atoms with Crippen molar-refractivity contribution in [1.29, 1.82) is 0 Å². The summed E-state index contributed by atoms with van der Waals surface area (Å²) < 4.78 is 0. The van der Waals surface area contributed by atoms with Crippen LogP contribution in [0, 0.1) is 10.1 Å². The summed E-state index contributed by atoms with van der Waals surface area (Å²) in [4.78, 5) is 24.0. The van der Waals surface area contributed by atoms with Gasteiger partial charge in [0.1, 0.15) is 0 Å². The molecule has 0 aliphatic carbocycles. The first-order chi connectivity index (χ1) is 10.4. The van der Waals surface area contributed by atoms with Gasteiger partial charge in [0.15, 0.2) is 0 Å². The average molecular weight is 339 g/mol. The van der Waals surface area contributed by atoms with Crippen molar-refractivity contribution in [2.45, 2.75) is 6.54 Å². The van der Waals surface area contributed by atoms with Crippen LogP contribution in [-0.2, 0) is 6.54 Å². The minimum absolute atomic E-state index is 0.117. The third-order valence-electron chi connectivity index (χ3n) is 3.05. The van der Waals surface area contributed by atoms with Gasteiger partial charge in [-0.3, -0.25) is 14.9 Å². The number of carbonyl (C=O) groups excluding carboxylic acids is 1. The maximum absolute atomic E-state index is 12.3. The number of amides is 1. The van der Waals surface area contributed by atoms with Crippen molar-refractivity contribution in [2.75, 3.05) is 7.05 Å². The molecular formula is C15H12Cl2N2O3. The Morgan fingerprint density at radius 2 is 1.91 bits per heavy atom. The number of halogens is 2. The highest BCUT2D eigenvalue weighted by molar-refractivity contribution is 6.42. The van der Waals surface area contributed by atoms with Crippen LogP contribution < -0.4 is 0 Å². The van der Waals surface area contributed by atoms with Crippen molar-refractivity contribution in [1.82, 2.24) is 4.90 Å². The number of hydrogen-bond acceptors (Lipinski definition) is 3. The molecule has 0 aliphatic heterocycles. The molecule has 0 N–H and O–H groups in total. The van der Waals surface area contributed by atoms with Gasteiger partial charge in [-0.15, -0.1) is 0 Å². The first kappa shape index (κ1) is 16.3. The van der Waals surface area contributed by atoms with E-state index in [1.807, 2.05) is 0 Å². The predicted molar refractivity (Wildman–Crippen MR) is 85.4 cm³/mol. The van der Waals surface area contributed by atoms with Crippen molar-refractivity contribution in [3.63, 3.8) is 0 Å². The molecule has 1 amide bonds. The second kappa shape index (κ2) is 6.77. The summed E-state index contributed by atoms with van der Waals surface area (Å²) in [5.74, 6) is -0.310. The van der Waals surface area contributed by atoms with Crippen molar-refractivity contribution in [3.05, 3.63) is 73.8 Å². The van der Waals surface area contributed by atoms with E-state index in [9.17, 15) is 14.9 Å². The van der Waals surface area contributed by atoms with Gasteiger partial charge in [-0.25, -0.2) is 0 Å². The van der Waals surface area contributed by atoms with Crippen LogP contribution in [0.2, 0.25) is 10.0 Å². The van der Waals surface area contributed by atoms with E-state index in [0.29, 0.717) is 16.6 Å². The molecule has 0 saturated carbocycles. The van der Waals surface area contributed by atoms with Crippen molar-refractivity contribution in [2.24, 2.45) is 0 Å². The Balaban J connectivity index is 2.16. The molecule has 0 heterocycles. The highest BCUT2D eigenvalue weighted by atomic mass is 35.5. The fourth-order valence-corrected chi connectivity index (χ4v) is 2.28. The van der Waals surface area contributed by atoms with Gasteiger partial charge in [0.2, 0.25) is 0 Å². The van der Waals surface area contributed by atoms with Crippen LogP contribution >= 0.6 is 23.2 Å². The van der Waals surface area contributed by atoms with Gasteiger partial charge in [-0.05, 0) is 23.8 Å². The summed E-state index contributed by atoms with van der Waals surface area (Å²) in [6.07, 6.45) is 0. The van der Waals surface area contributed by atoms with Crippen LogP contribution in [0.25, 0.3) is 0 Å². The van der Waals surface area contributed by atoms with E-state index in [4.69, 9.17) is 23.2 Å². The molecule has 0 saturated heterocycles. The van der Waals surface area contributed by atoms with E-state index in [0.717, 1.165) is 5.56 Å². The Hall–Kier alpha value is -2.11. The number of benzene rings is 2. The molecule has 0 radical (unpaired) electrons. The number of hydrogen-bond donors (Lipinski definition) is 0. The lowest BCUT2D eigenvalue weighted by atomic mass is 10.1. The SMILES string of the molecule is CN(Cc1ccc(Cl)c(Cl)c1)C(=O)c1cccc([N+](=O)[O-])c1. The van der Waals surface area contributed by atoms with Crippen LogP contribution in [0.15, 0.2) is 42.5 Å². The molecule has 7 heteroatoms. The third kappa shape index (κ3) is 3.75. The fraction of sp³-hybridized carbons (Fsp3) is 0.133. The Kier molecular flexibility index (Phi) is 5.00. The topological polar surface area (TPSA) is 63.5 Å². The standard InChI is InChI=1S/C15H12Cl2N2O3/c1-18(9-10-5-6-13(16)14(17)7-10)15(20)11-3-2-4-12(8-11)19(21)22/h2-8H,9H2,1H3. The number of nitro groups is 1. The summed E-state index contributed by atoms with van der Waals surface area (Å²) in [5.41, 5.74) is 0.959. The fourth-order valence-electron chi connectivity index (χ4n) is 1.96. The highest BCUT2D eigenvalue weighted by Crippen LogP contribution is 2.23. The smallest absolute Gasteiger partial charge is 0.270 e. The Morgan fingerprint density at radius 1 is 1.18 bits per heavy atom. The van der Waals surface area contributed by atoms with Gasteiger partial charge < -0.3 is 4.90 Å². The van der Waals surface area contributed by atoms with E-state index in [2.05, 4.69) is 0 Å². The molecule has 5 nitrogen and oxygen atoms in total. The van der Waals surface area contributed by atoms with E-state index in [1.165, 1.54) is 23.1 Å². The van der Waals surface area contributed by atoms with Crippen molar-refractivity contribution in [3.8, 4) is 0 Å². The zero-order chi connectivity index (χ0) is 16.3. The Labute approximate surface area is 137 Å². The molecule has 0 atom stereocenters. The Bertz CT molecular complexity index is 734. The van der Waals surface area contributed by atoms with Crippen molar-refractivity contribution >= 4 is 34.8 Å².